The monoisotopic (exact) mass is 253 g/mol. The van der Waals surface area contributed by atoms with Gasteiger partial charge in [0.25, 0.3) is 0 Å². The van der Waals surface area contributed by atoms with Gasteiger partial charge >= 0.3 is 0 Å². The van der Waals surface area contributed by atoms with E-state index in [1.165, 1.54) is 0 Å². The lowest BCUT2D eigenvalue weighted by Crippen LogP contribution is -2.15. The fraction of sp³-hybridized carbons (Fsp3) is 0.214. The van der Waals surface area contributed by atoms with Crippen LogP contribution in [-0.2, 0) is 13.1 Å². The van der Waals surface area contributed by atoms with Gasteiger partial charge < -0.3 is 10.3 Å². The fourth-order valence-electron chi connectivity index (χ4n) is 2.00. The summed E-state index contributed by atoms with van der Waals surface area (Å²) < 4.78 is 0. The van der Waals surface area contributed by atoms with Crippen LogP contribution >= 0.6 is 0 Å². The van der Waals surface area contributed by atoms with Crippen molar-refractivity contribution in [2.45, 2.75) is 20.0 Å². The van der Waals surface area contributed by atoms with Crippen molar-refractivity contribution < 1.29 is 0 Å². The summed E-state index contributed by atoms with van der Waals surface area (Å²) in [6.45, 7) is 3.29. The Morgan fingerprint density at radius 3 is 2.84 bits per heavy atom. The van der Waals surface area contributed by atoms with Gasteiger partial charge in [0.05, 0.1) is 23.3 Å². The van der Waals surface area contributed by atoms with Crippen molar-refractivity contribution in [2.75, 3.05) is 0 Å². The van der Waals surface area contributed by atoms with Crippen LogP contribution in [0.3, 0.4) is 0 Å². The summed E-state index contributed by atoms with van der Waals surface area (Å²) in [4.78, 5) is 16.2. The first-order valence-electron chi connectivity index (χ1n) is 6.24. The zero-order chi connectivity index (χ0) is 13.1. The van der Waals surface area contributed by atoms with Crippen molar-refractivity contribution in [1.29, 1.82) is 0 Å². The molecular formula is C14H15N5. The number of aromatic amines is 1. The molecule has 0 amide bonds. The smallest absolute Gasteiger partial charge is 0.125 e. The molecule has 2 aromatic heterocycles. The number of aromatic nitrogens is 4. The van der Waals surface area contributed by atoms with E-state index in [0.717, 1.165) is 28.4 Å². The average molecular weight is 253 g/mol. The predicted octanol–water partition coefficient (Wildman–Crippen LogP) is 1.95. The second kappa shape index (κ2) is 5.16. The molecule has 0 atom stereocenters. The maximum atomic E-state index is 4.51. The topological polar surface area (TPSA) is 66.5 Å². The van der Waals surface area contributed by atoms with Gasteiger partial charge in [0, 0.05) is 12.7 Å². The van der Waals surface area contributed by atoms with E-state index in [1.807, 2.05) is 37.3 Å². The van der Waals surface area contributed by atoms with Gasteiger partial charge in [-0.1, -0.05) is 12.1 Å². The Morgan fingerprint density at radius 2 is 2.00 bits per heavy atom. The number of nitrogens with one attached hydrogen (secondary N) is 2. The number of para-hydroxylation sites is 2. The first-order chi connectivity index (χ1) is 9.31. The molecule has 3 aromatic rings. The molecule has 1 aromatic carbocycles. The van der Waals surface area contributed by atoms with E-state index < -0.39 is 0 Å². The van der Waals surface area contributed by atoms with E-state index in [0.29, 0.717) is 13.1 Å². The van der Waals surface area contributed by atoms with Gasteiger partial charge in [-0.25, -0.2) is 15.0 Å². The highest BCUT2D eigenvalue weighted by Gasteiger charge is 2.01. The molecule has 5 nitrogen and oxygen atoms in total. The molecule has 0 bridgehead atoms. The maximum Gasteiger partial charge on any atom is 0.125 e. The standard InChI is InChI=1S/C14H15N5/c1-10-16-7-6-11(17-10)8-15-9-14-18-12-4-2-3-5-13(12)19-14/h2-7,15H,8-9H2,1H3,(H,18,19). The Balaban J connectivity index is 1.63. The molecule has 5 heteroatoms. The number of aryl methyl sites for hydroxylation is 1. The second-order valence-corrected chi connectivity index (χ2v) is 4.40. The SMILES string of the molecule is Cc1nccc(CNCc2nc3ccccc3[nH]2)n1. The number of H-pyrrole nitrogens is 1. The molecular weight excluding hydrogens is 238 g/mol. The molecule has 0 saturated heterocycles. The molecule has 2 N–H and O–H groups in total. The highest BCUT2D eigenvalue weighted by atomic mass is 15.0. The van der Waals surface area contributed by atoms with Crippen LogP contribution in [0, 0.1) is 6.92 Å². The highest BCUT2D eigenvalue weighted by Crippen LogP contribution is 2.09. The van der Waals surface area contributed by atoms with Gasteiger partial charge in [-0.3, -0.25) is 0 Å². The highest BCUT2D eigenvalue weighted by molar-refractivity contribution is 5.74. The van der Waals surface area contributed by atoms with Gasteiger partial charge in [0.15, 0.2) is 0 Å². The Labute approximate surface area is 111 Å². The lowest BCUT2D eigenvalue weighted by atomic mass is 10.3. The molecule has 0 saturated carbocycles. The fourth-order valence-corrected chi connectivity index (χ4v) is 2.00. The van der Waals surface area contributed by atoms with Crippen molar-refractivity contribution in [2.24, 2.45) is 0 Å². The van der Waals surface area contributed by atoms with Crippen LogP contribution in [0.4, 0.5) is 0 Å². The summed E-state index contributed by atoms with van der Waals surface area (Å²) in [5.41, 5.74) is 3.05. The molecule has 0 radical (unpaired) electrons. The molecule has 96 valence electrons. The number of benzene rings is 1. The lowest BCUT2D eigenvalue weighted by molar-refractivity contribution is 0.655. The minimum atomic E-state index is 0.692. The molecule has 0 spiro atoms. The van der Waals surface area contributed by atoms with Crippen molar-refractivity contribution in [3.05, 3.63) is 53.9 Å². The molecule has 19 heavy (non-hydrogen) atoms. The van der Waals surface area contributed by atoms with Crippen LogP contribution in [0.5, 0.6) is 0 Å². The van der Waals surface area contributed by atoms with Crippen molar-refractivity contribution in [1.82, 2.24) is 25.3 Å². The maximum absolute atomic E-state index is 4.51. The summed E-state index contributed by atoms with van der Waals surface area (Å²) in [5.74, 6) is 1.73. The van der Waals surface area contributed by atoms with Crippen molar-refractivity contribution >= 4 is 11.0 Å². The Hall–Kier alpha value is -2.27. The van der Waals surface area contributed by atoms with Gasteiger partial charge in [-0.2, -0.15) is 0 Å². The Bertz CT molecular complexity index is 656. The lowest BCUT2D eigenvalue weighted by Gasteiger charge is -2.02. The zero-order valence-electron chi connectivity index (χ0n) is 10.7. The van der Waals surface area contributed by atoms with Gasteiger partial charge in [-0.05, 0) is 25.1 Å². The van der Waals surface area contributed by atoms with E-state index in [-0.39, 0.29) is 0 Å². The van der Waals surface area contributed by atoms with Gasteiger partial charge in [0.1, 0.15) is 11.6 Å². The Morgan fingerprint density at radius 1 is 1.11 bits per heavy atom. The van der Waals surface area contributed by atoms with Crippen LogP contribution in [-0.4, -0.2) is 19.9 Å². The third-order valence-electron chi connectivity index (χ3n) is 2.87. The quantitative estimate of drug-likeness (QED) is 0.746. The number of imidazole rings is 1. The Kier molecular flexibility index (Phi) is 3.20. The van der Waals surface area contributed by atoms with Gasteiger partial charge in [0.2, 0.25) is 0 Å². The van der Waals surface area contributed by atoms with Crippen molar-refractivity contribution in [3.63, 3.8) is 0 Å². The largest absolute Gasteiger partial charge is 0.341 e. The molecule has 0 aliphatic heterocycles. The number of hydrogen-bond acceptors (Lipinski definition) is 4. The number of rotatable bonds is 4. The van der Waals surface area contributed by atoms with Crippen LogP contribution in [0.2, 0.25) is 0 Å². The first-order valence-corrected chi connectivity index (χ1v) is 6.24. The third-order valence-corrected chi connectivity index (χ3v) is 2.87. The second-order valence-electron chi connectivity index (χ2n) is 4.40. The molecule has 0 fully saturated rings. The van der Waals surface area contributed by atoms with E-state index >= 15 is 0 Å². The first kappa shape index (κ1) is 11.8. The van der Waals surface area contributed by atoms with Crippen LogP contribution in [0.1, 0.15) is 17.3 Å². The third kappa shape index (κ3) is 2.77. The predicted molar refractivity (Wildman–Crippen MR) is 73.4 cm³/mol. The summed E-state index contributed by atoms with van der Waals surface area (Å²) >= 11 is 0. The minimum Gasteiger partial charge on any atom is -0.341 e. The van der Waals surface area contributed by atoms with Gasteiger partial charge in [-0.15, -0.1) is 0 Å². The summed E-state index contributed by atoms with van der Waals surface area (Å²) in [7, 11) is 0. The number of fused-ring (bicyclic) bond motifs is 1. The van der Waals surface area contributed by atoms with Crippen LogP contribution in [0.25, 0.3) is 11.0 Å². The molecule has 3 rings (SSSR count). The molecule has 0 unspecified atom stereocenters. The number of hydrogen-bond donors (Lipinski definition) is 2. The van der Waals surface area contributed by atoms with Crippen LogP contribution in [0.15, 0.2) is 36.5 Å². The average Bonchev–Trinajstić information content (AvgIpc) is 2.81. The molecule has 0 aliphatic carbocycles. The van der Waals surface area contributed by atoms with Crippen molar-refractivity contribution in [3.8, 4) is 0 Å². The molecule has 2 heterocycles. The summed E-state index contributed by atoms with van der Waals surface area (Å²) in [5, 5.41) is 3.32. The van der Waals surface area contributed by atoms with E-state index in [9.17, 15) is 0 Å². The minimum absolute atomic E-state index is 0.692. The normalized spacial score (nSPS) is 11.0. The summed E-state index contributed by atoms with van der Waals surface area (Å²) in [6.07, 6.45) is 1.78. The molecule has 0 aliphatic rings. The summed E-state index contributed by atoms with van der Waals surface area (Å²) in [6, 6.07) is 9.94. The van der Waals surface area contributed by atoms with Crippen LogP contribution < -0.4 is 5.32 Å². The van der Waals surface area contributed by atoms with E-state index in [1.54, 1.807) is 6.20 Å². The zero-order valence-corrected chi connectivity index (χ0v) is 10.7. The number of nitrogens with zero attached hydrogens (tertiary/aromatic N) is 3. The van der Waals surface area contributed by atoms with E-state index in [4.69, 9.17) is 0 Å². The van der Waals surface area contributed by atoms with E-state index in [2.05, 4.69) is 25.3 Å².